The Morgan fingerprint density at radius 2 is 1.88 bits per heavy atom. The van der Waals surface area contributed by atoms with Gasteiger partial charge in [0.2, 0.25) is 0 Å². The van der Waals surface area contributed by atoms with Gasteiger partial charge >= 0.3 is 5.97 Å². The number of aromatic carboxylic acids is 1. The van der Waals surface area contributed by atoms with Gasteiger partial charge in [-0.3, -0.25) is 0 Å². The monoisotopic (exact) mass is 330 g/mol. The molecule has 24 heavy (non-hydrogen) atoms. The number of hydrogen-bond donors (Lipinski definition) is 1. The molecule has 5 heteroatoms. The van der Waals surface area contributed by atoms with Crippen LogP contribution in [0, 0.1) is 6.92 Å². The SMILES string of the molecule is COCC(C)Oc1cc(OCc2ccccc2C)cc(C(=O)O)c1. The first-order chi connectivity index (χ1) is 11.5. The second kappa shape index (κ2) is 8.36. The Bertz CT molecular complexity index is 696. The van der Waals surface area contributed by atoms with Gasteiger partial charge in [-0.25, -0.2) is 4.79 Å². The molecule has 0 heterocycles. The standard InChI is InChI=1S/C19H22O5/c1-13-6-4-5-7-15(13)12-23-17-8-16(19(20)21)9-18(10-17)24-14(2)11-22-3/h4-10,14H,11-12H2,1-3H3,(H,20,21). The van der Waals surface area contributed by atoms with Gasteiger partial charge < -0.3 is 19.3 Å². The zero-order chi connectivity index (χ0) is 17.5. The molecule has 0 bridgehead atoms. The molecule has 0 aliphatic carbocycles. The third-order valence-corrected chi connectivity index (χ3v) is 3.52. The van der Waals surface area contributed by atoms with Gasteiger partial charge in [-0.05, 0) is 37.1 Å². The fraction of sp³-hybridized carbons (Fsp3) is 0.316. The molecular weight excluding hydrogens is 308 g/mol. The minimum atomic E-state index is -1.03. The Hall–Kier alpha value is -2.53. The van der Waals surface area contributed by atoms with Crippen molar-refractivity contribution < 1.29 is 24.1 Å². The van der Waals surface area contributed by atoms with E-state index in [-0.39, 0.29) is 11.7 Å². The molecule has 0 spiro atoms. The molecule has 0 saturated heterocycles. The molecule has 2 aromatic rings. The van der Waals surface area contributed by atoms with Crippen molar-refractivity contribution >= 4 is 5.97 Å². The van der Waals surface area contributed by atoms with E-state index in [1.54, 1.807) is 13.2 Å². The molecule has 0 aliphatic heterocycles. The van der Waals surface area contributed by atoms with Crippen LogP contribution in [0.4, 0.5) is 0 Å². The highest BCUT2D eigenvalue weighted by Gasteiger charge is 2.11. The summed E-state index contributed by atoms with van der Waals surface area (Å²) >= 11 is 0. The maximum atomic E-state index is 11.3. The molecule has 1 atom stereocenters. The first-order valence-corrected chi connectivity index (χ1v) is 7.71. The summed E-state index contributed by atoms with van der Waals surface area (Å²) in [7, 11) is 1.59. The van der Waals surface area contributed by atoms with Gasteiger partial charge in [-0.2, -0.15) is 0 Å². The van der Waals surface area contributed by atoms with Crippen LogP contribution in [0.5, 0.6) is 11.5 Å². The van der Waals surface area contributed by atoms with E-state index < -0.39 is 5.97 Å². The van der Waals surface area contributed by atoms with E-state index >= 15 is 0 Å². The fourth-order valence-corrected chi connectivity index (χ4v) is 2.28. The highest BCUT2D eigenvalue weighted by atomic mass is 16.5. The molecule has 1 N–H and O–H groups in total. The summed E-state index contributed by atoms with van der Waals surface area (Å²) in [6.45, 7) is 4.64. The van der Waals surface area contributed by atoms with Gasteiger partial charge in [0.15, 0.2) is 0 Å². The molecule has 0 fully saturated rings. The van der Waals surface area contributed by atoms with E-state index in [0.717, 1.165) is 11.1 Å². The zero-order valence-corrected chi connectivity index (χ0v) is 14.1. The van der Waals surface area contributed by atoms with Crippen LogP contribution in [-0.2, 0) is 11.3 Å². The van der Waals surface area contributed by atoms with Crippen molar-refractivity contribution in [3.05, 3.63) is 59.2 Å². The first kappa shape index (κ1) is 17.8. The normalized spacial score (nSPS) is 11.8. The zero-order valence-electron chi connectivity index (χ0n) is 14.1. The van der Waals surface area contributed by atoms with Crippen LogP contribution in [0.25, 0.3) is 0 Å². The van der Waals surface area contributed by atoms with Gasteiger partial charge in [0.25, 0.3) is 0 Å². The topological polar surface area (TPSA) is 65.0 Å². The fourth-order valence-electron chi connectivity index (χ4n) is 2.28. The number of hydrogen-bond acceptors (Lipinski definition) is 4. The van der Waals surface area contributed by atoms with E-state index in [1.165, 1.54) is 12.1 Å². The molecule has 2 aromatic carbocycles. The minimum Gasteiger partial charge on any atom is -0.489 e. The largest absolute Gasteiger partial charge is 0.489 e. The maximum absolute atomic E-state index is 11.3. The van der Waals surface area contributed by atoms with Crippen molar-refractivity contribution in [1.82, 2.24) is 0 Å². The second-order valence-corrected chi connectivity index (χ2v) is 5.60. The van der Waals surface area contributed by atoms with E-state index in [4.69, 9.17) is 14.2 Å². The second-order valence-electron chi connectivity index (χ2n) is 5.60. The number of benzene rings is 2. The Labute approximate surface area is 141 Å². The summed E-state index contributed by atoms with van der Waals surface area (Å²) in [5.41, 5.74) is 2.29. The van der Waals surface area contributed by atoms with Crippen molar-refractivity contribution in [2.24, 2.45) is 0 Å². The van der Waals surface area contributed by atoms with Crippen LogP contribution in [0.2, 0.25) is 0 Å². The third-order valence-electron chi connectivity index (χ3n) is 3.52. The molecule has 5 nitrogen and oxygen atoms in total. The summed E-state index contributed by atoms with van der Waals surface area (Å²) in [4.78, 5) is 11.3. The Morgan fingerprint density at radius 3 is 2.54 bits per heavy atom. The lowest BCUT2D eigenvalue weighted by atomic mass is 10.1. The van der Waals surface area contributed by atoms with Gasteiger partial charge in [0.05, 0.1) is 12.2 Å². The number of ether oxygens (including phenoxy) is 3. The molecule has 0 aliphatic rings. The van der Waals surface area contributed by atoms with Crippen molar-refractivity contribution in [3.8, 4) is 11.5 Å². The lowest BCUT2D eigenvalue weighted by Crippen LogP contribution is -2.18. The molecule has 0 radical (unpaired) electrons. The Kier molecular flexibility index (Phi) is 6.21. The van der Waals surface area contributed by atoms with Crippen LogP contribution in [0.15, 0.2) is 42.5 Å². The first-order valence-electron chi connectivity index (χ1n) is 7.71. The number of carboxylic acids is 1. The average Bonchev–Trinajstić information content (AvgIpc) is 2.54. The number of aryl methyl sites for hydroxylation is 1. The molecule has 1 unspecified atom stereocenters. The Balaban J connectivity index is 2.17. The molecule has 128 valence electrons. The summed E-state index contributed by atoms with van der Waals surface area (Å²) in [6, 6.07) is 12.6. The molecule has 2 rings (SSSR count). The minimum absolute atomic E-state index is 0.122. The van der Waals surface area contributed by atoms with Crippen LogP contribution in [0.3, 0.4) is 0 Å². The van der Waals surface area contributed by atoms with Crippen LogP contribution in [-0.4, -0.2) is 30.9 Å². The summed E-state index contributed by atoms with van der Waals surface area (Å²) in [6.07, 6.45) is -0.191. The molecule has 0 saturated carbocycles. The highest BCUT2D eigenvalue weighted by Crippen LogP contribution is 2.25. The average molecular weight is 330 g/mol. The molecular formula is C19H22O5. The summed E-state index contributed by atoms with van der Waals surface area (Å²) in [5.74, 6) is -0.127. The van der Waals surface area contributed by atoms with Crippen LogP contribution in [0.1, 0.15) is 28.4 Å². The van der Waals surface area contributed by atoms with E-state index in [1.807, 2.05) is 38.1 Å². The molecule has 0 aromatic heterocycles. The number of carbonyl (C=O) groups is 1. The van der Waals surface area contributed by atoms with Gasteiger partial charge in [-0.1, -0.05) is 24.3 Å². The van der Waals surface area contributed by atoms with E-state index in [2.05, 4.69) is 0 Å². The smallest absolute Gasteiger partial charge is 0.335 e. The van der Waals surface area contributed by atoms with Crippen molar-refractivity contribution in [2.75, 3.05) is 13.7 Å². The van der Waals surface area contributed by atoms with Crippen molar-refractivity contribution in [1.29, 1.82) is 0 Å². The summed E-state index contributed by atoms with van der Waals surface area (Å²) < 4.78 is 16.5. The Morgan fingerprint density at radius 1 is 1.17 bits per heavy atom. The summed E-state index contributed by atoms with van der Waals surface area (Å²) in [5, 5.41) is 9.26. The van der Waals surface area contributed by atoms with Gasteiger partial charge in [0, 0.05) is 13.2 Å². The van der Waals surface area contributed by atoms with Gasteiger partial charge in [-0.15, -0.1) is 0 Å². The lowest BCUT2D eigenvalue weighted by Gasteiger charge is -2.16. The van der Waals surface area contributed by atoms with Crippen molar-refractivity contribution in [2.45, 2.75) is 26.6 Å². The number of rotatable bonds is 8. The van der Waals surface area contributed by atoms with E-state index in [0.29, 0.717) is 24.7 Å². The molecule has 0 amide bonds. The van der Waals surface area contributed by atoms with Crippen LogP contribution < -0.4 is 9.47 Å². The quantitative estimate of drug-likeness (QED) is 0.800. The van der Waals surface area contributed by atoms with Crippen molar-refractivity contribution in [3.63, 3.8) is 0 Å². The highest BCUT2D eigenvalue weighted by molar-refractivity contribution is 5.88. The van der Waals surface area contributed by atoms with E-state index in [9.17, 15) is 9.90 Å². The predicted octanol–water partition coefficient (Wildman–Crippen LogP) is 3.69. The van der Waals surface area contributed by atoms with Gasteiger partial charge in [0.1, 0.15) is 24.2 Å². The lowest BCUT2D eigenvalue weighted by molar-refractivity contribution is 0.0693. The number of methoxy groups -OCH3 is 1. The maximum Gasteiger partial charge on any atom is 0.335 e. The number of carboxylic acid groups (broad SMARTS) is 1. The predicted molar refractivity (Wildman–Crippen MR) is 90.9 cm³/mol. The van der Waals surface area contributed by atoms with Crippen LogP contribution >= 0.6 is 0 Å². The third kappa shape index (κ3) is 4.99.